The second kappa shape index (κ2) is 7.95. The van der Waals surface area contributed by atoms with Crippen LogP contribution in [0, 0.1) is 0 Å². The van der Waals surface area contributed by atoms with E-state index in [4.69, 9.17) is 0 Å². The molecule has 1 atom stereocenters. The fourth-order valence-corrected chi connectivity index (χ4v) is 3.27. The number of hydrogen-bond donors (Lipinski definition) is 1. The molecule has 0 aliphatic heterocycles. The third kappa shape index (κ3) is 5.60. The number of hydrogen-bond acceptors (Lipinski definition) is 2. The summed E-state index contributed by atoms with van der Waals surface area (Å²) in [6.45, 7) is -0.992. The van der Waals surface area contributed by atoms with Crippen molar-refractivity contribution in [2.24, 2.45) is 0 Å². The van der Waals surface area contributed by atoms with Gasteiger partial charge in [0.25, 0.3) is 0 Å². The summed E-state index contributed by atoms with van der Waals surface area (Å²) in [5, 5.41) is 9.41. The second-order valence-corrected chi connectivity index (χ2v) is 6.43. The third-order valence-electron chi connectivity index (χ3n) is 4.57. The molecule has 0 heterocycles. The van der Waals surface area contributed by atoms with E-state index in [0.717, 1.165) is 25.3 Å². The topological polar surface area (TPSA) is 23.5 Å². The van der Waals surface area contributed by atoms with Crippen molar-refractivity contribution in [2.45, 2.75) is 63.1 Å². The van der Waals surface area contributed by atoms with Crippen molar-refractivity contribution in [1.29, 1.82) is 0 Å². The molecule has 1 aromatic carbocycles. The van der Waals surface area contributed by atoms with E-state index >= 15 is 0 Å². The average Bonchev–Trinajstić information content (AvgIpc) is 2.53. The third-order valence-corrected chi connectivity index (χ3v) is 4.57. The van der Waals surface area contributed by atoms with Crippen molar-refractivity contribution in [2.75, 3.05) is 6.54 Å². The van der Waals surface area contributed by atoms with E-state index in [1.54, 1.807) is 0 Å². The van der Waals surface area contributed by atoms with Crippen LogP contribution in [0.25, 0.3) is 0 Å². The fourth-order valence-electron chi connectivity index (χ4n) is 3.27. The number of halogens is 6. The maximum atomic E-state index is 13.1. The van der Waals surface area contributed by atoms with Crippen molar-refractivity contribution in [1.82, 2.24) is 4.90 Å². The Balaban J connectivity index is 2.24. The first-order valence-corrected chi connectivity index (χ1v) is 8.23. The van der Waals surface area contributed by atoms with Crippen LogP contribution in [0.3, 0.4) is 0 Å². The highest BCUT2D eigenvalue weighted by Crippen LogP contribution is 2.34. The maximum Gasteiger partial charge on any atom is 0.416 e. The van der Waals surface area contributed by atoms with Crippen LogP contribution >= 0.6 is 0 Å². The first-order valence-electron chi connectivity index (χ1n) is 8.23. The number of nitrogens with zero attached hydrogens (tertiary/aromatic N) is 1. The highest BCUT2D eigenvalue weighted by molar-refractivity contribution is 5.29. The van der Waals surface area contributed by atoms with Crippen molar-refractivity contribution in [3.8, 4) is 0 Å². The zero-order valence-electron chi connectivity index (χ0n) is 13.6. The lowest BCUT2D eigenvalue weighted by Crippen LogP contribution is -2.46. The minimum Gasteiger partial charge on any atom is -0.382 e. The molecule has 0 amide bonds. The number of benzene rings is 1. The zero-order valence-corrected chi connectivity index (χ0v) is 13.6. The SMILES string of the molecule is OC(CN(Cc1ccccc1C(F)(F)F)C1CCCCC1)C(F)(F)F. The van der Waals surface area contributed by atoms with Gasteiger partial charge in [0.2, 0.25) is 0 Å². The van der Waals surface area contributed by atoms with Crippen LogP contribution in [0.4, 0.5) is 26.3 Å². The van der Waals surface area contributed by atoms with Gasteiger partial charge in [-0.25, -0.2) is 0 Å². The smallest absolute Gasteiger partial charge is 0.382 e. The molecule has 0 bridgehead atoms. The molecular formula is C17H21F6NO. The first-order chi connectivity index (χ1) is 11.6. The predicted molar refractivity (Wildman–Crippen MR) is 80.8 cm³/mol. The van der Waals surface area contributed by atoms with E-state index in [1.165, 1.54) is 23.1 Å². The Morgan fingerprint density at radius 2 is 1.60 bits per heavy atom. The summed E-state index contributed by atoms with van der Waals surface area (Å²) in [7, 11) is 0. The molecule has 1 aromatic rings. The van der Waals surface area contributed by atoms with Gasteiger partial charge in [-0.3, -0.25) is 4.90 Å². The summed E-state index contributed by atoms with van der Waals surface area (Å²) in [5.74, 6) is 0. The van der Waals surface area contributed by atoms with Gasteiger partial charge in [0, 0.05) is 19.1 Å². The van der Waals surface area contributed by atoms with Gasteiger partial charge in [-0.1, -0.05) is 37.5 Å². The zero-order chi connectivity index (χ0) is 18.7. The number of aliphatic hydroxyl groups excluding tert-OH is 1. The summed E-state index contributed by atoms with van der Waals surface area (Å²) in [5.41, 5.74) is -0.924. The Kier molecular flexibility index (Phi) is 6.37. The van der Waals surface area contributed by atoms with Crippen LogP contribution in [0.1, 0.15) is 43.2 Å². The average molecular weight is 369 g/mol. The highest BCUT2D eigenvalue weighted by atomic mass is 19.4. The minimum absolute atomic E-state index is 0.0741. The van der Waals surface area contributed by atoms with Crippen molar-refractivity contribution in [3.05, 3.63) is 35.4 Å². The number of alkyl halides is 6. The molecule has 25 heavy (non-hydrogen) atoms. The van der Waals surface area contributed by atoms with Crippen LogP contribution < -0.4 is 0 Å². The van der Waals surface area contributed by atoms with Gasteiger partial charge in [-0.05, 0) is 24.5 Å². The van der Waals surface area contributed by atoms with E-state index in [0.29, 0.717) is 12.8 Å². The van der Waals surface area contributed by atoms with E-state index < -0.39 is 30.6 Å². The largest absolute Gasteiger partial charge is 0.416 e. The van der Waals surface area contributed by atoms with Crippen molar-refractivity contribution < 1.29 is 31.4 Å². The molecule has 1 N–H and O–H groups in total. The van der Waals surface area contributed by atoms with E-state index in [1.807, 2.05) is 0 Å². The predicted octanol–water partition coefficient (Wildman–Crippen LogP) is 4.76. The van der Waals surface area contributed by atoms with Crippen LogP contribution in [-0.4, -0.2) is 34.9 Å². The molecular weight excluding hydrogens is 348 g/mol. The monoisotopic (exact) mass is 369 g/mol. The molecule has 1 saturated carbocycles. The second-order valence-electron chi connectivity index (χ2n) is 6.43. The lowest BCUT2D eigenvalue weighted by atomic mass is 9.93. The molecule has 0 spiro atoms. The molecule has 0 radical (unpaired) electrons. The van der Waals surface area contributed by atoms with Crippen LogP contribution in [0.5, 0.6) is 0 Å². The molecule has 142 valence electrons. The molecule has 1 aliphatic carbocycles. The van der Waals surface area contributed by atoms with Crippen LogP contribution in [0.2, 0.25) is 0 Å². The van der Waals surface area contributed by atoms with E-state index in [-0.39, 0.29) is 18.2 Å². The normalized spacial score (nSPS) is 18.6. The summed E-state index contributed by atoms with van der Waals surface area (Å²) >= 11 is 0. The van der Waals surface area contributed by atoms with Gasteiger partial charge in [0.15, 0.2) is 6.10 Å². The van der Waals surface area contributed by atoms with Crippen molar-refractivity contribution >= 4 is 0 Å². The molecule has 2 rings (SSSR count). The lowest BCUT2D eigenvalue weighted by molar-refractivity contribution is -0.210. The maximum absolute atomic E-state index is 13.1. The van der Waals surface area contributed by atoms with E-state index in [9.17, 15) is 31.4 Å². The molecule has 0 aromatic heterocycles. The van der Waals surface area contributed by atoms with Gasteiger partial charge in [-0.15, -0.1) is 0 Å². The molecule has 1 aliphatic rings. The fraction of sp³-hybridized carbons (Fsp3) is 0.647. The summed E-state index contributed by atoms with van der Waals surface area (Å²) in [6.07, 6.45) is -8.09. The lowest BCUT2D eigenvalue weighted by Gasteiger charge is -2.36. The highest BCUT2D eigenvalue weighted by Gasteiger charge is 2.41. The van der Waals surface area contributed by atoms with Gasteiger partial charge in [0.05, 0.1) is 5.56 Å². The molecule has 2 nitrogen and oxygen atoms in total. The van der Waals surface area contributed by atoms with Gasteiger partial charge in [-0.2, -0.15) is 26.3 Å². The van der Waals surface area contributed by atoms with Crippen LogP contribution in [-0.2, 0) is 12.7 Å². The molecule has 8 heteroatoms. The van der Waals surface area contributed by atoms with Gasteiger partial charge < -0.3 is 5.11 Å². The summed E-state index contributed by atoms with van der Waals surface area (Å²) < 4.78 is 77.6. The van der Waals surface area contributed by atoms with Crippen LogP contribution in [0.15, 0.2) is 24.3 Å². The molecule has 0 saturated heterocycles. The van der Waals surface area contributed by atoms with Gasteiger partial charge in [0.1, 0.15) is 0 Å². The Morgan fingerprint density at radius 1 is 1.00 bits per heavy atom. The Morgan fingerprint density at radius 3 is 2.16 bits per heavy atom. The molecule has 1 fully saturated rings. The molecule has 1 unspecified atom stereocenters. The van der Waals surface area contributed by atoms with E-state index in [2.05, 4.69) is 0 Å². The minimum atomic E-state index is -4.80. The Labute approximate surface area is 142 Å². The quantitative estimate of drug-likeness (QED) is 0.757. The summed E-state index contributed by atoms with van der Waals surface area (Å²) in [6, 6.07) is 4.63. The Bertz CT molecular complexity index is 551. The number of aliphatic hydroxyl groups is 1. The number of rotatable bonds is 5. The van der Waals surface area contributed by atoms with Crippen molar-refractivity contribution in [3.63, 3.8) is 0 Å². The standard InChI is InChI=1S/C17H21F6NO/c18-16(19,20)14-9-5-4-6-12(14)10-24(11-15(25)17(21,22)23)13-7-2-1-3-8-13/h4-6,9,13,15,25H,1-3,7-8,10-11H2. The first kappa shape index (κ1) is 20.0. The summed E-state index contributed by atoms with van der Waals surface area (Å²) in [4.78, 5) is 1.35. The Hall–Kier alpha value is -1.28. The van der Waals surface area contributed by atoms with Gasteiger partial charge >= 0.3 is 12.4 Å².